The van der Waals surface area contributed by atoms with Gasteiger partial charge in [-0.1, -0.05) is 25.1 Å². The molecule has 0 saturated heterocycles. The highest BCUT2D eigenvalue weighted by Crippen LogP contribution is 2.03. The molecule has 0 saturated carbocycles. The molecule has 1 unspecified atom stereocenters. The molecule has 0 aliphatic carbocycles. The van der Waals surface area contributed by atoms with Crippen molar-refractivity contribution in [1.29, 1.82) is 0 Å². The van der Waals surface area contributed by atoms with Crippen molar-refractivity contribution in [3.05, 3.63) is 30.3 Å². The predicted octanol–water partition coefficient (Wildman–Crippen LogP) is 1.18. The summed E-state index contributed by atoms with van der Waals surface area (Å²) in [7, 11) is 0. The average Bonchev–Trinajstić information content (AvgIpc) is 2.45. The fourth-order valence-corrected chi connectivity index (χ4v) is 1.64. The van der Waals surface area contributed by atoms with E-state index >= 15 is 0 Å². The maximum Gasteiger partial charge on any atom is 0.319 e. The highest BCUT2D eigenvalue weighted by Gasteiger charge is 2.14. The Bertz CT molecular complexity index is 490. The van der Waals surface area contributed by atoms with Gasteiger partial charge in [0.1, 0.15) is 0 Å². The van der Waals surface area contributed by atoms with Crippen LogP contribution in [0.3, 0.4) is 0 Å². The molecule has 1 rings (SSSR count). The van der Waals surface area contributed by atoms with Crippen LogP contribution in [0.4, 0.5) is 10.5 Å². The Morgan fingerprint density at radius 3 is 2.43 bits per heavy atom. The van der Waals surface area contributed by atoms with Crippen LogP contribution in [0.5, 0.6) is 0 Å². The molecule has 21 heavy (non-hydrogen) atoms. The fraction of sp³-hybridized carbons (Fsp3) is 0.357. The number of para-hydroxylation sites is 1. The van der Waals surface area contributed by atoms with Crippen LogP contribution in [-0.2, 0) is 9.59 Å². The van der Waals surface area contributed by atoms with Gasteiger partial charge in [0.05, 0.1) is 13.0 Å². The summed E-state index contributed by atoms with van der Waals surface area (Å²) in [5.74, 6) is -1.40. The summed E-state index contributed by atoms with van der Waals surface area (Å²) in [4.78, 5) is 33.7. The highest BCUT2D eigenvalue weighted by atomic mass is 16.4. The Morgan fingerprint density at radius 2 is 1.86 bits per heavy atom. The summed E-state index contributed by atoms with van der Waals surface area (Å²) in [5.41, 5.74) is 0.618. The minimum atomic E-state index is -0.975. The Hall–Kier alpha value is -2.57. The van der Waals surface area contributed by atoms with E-state index in [1.165, 1.54) is 0 Å². The van der Waals surface area contributed by atoms with E-state index in [1.807, 2.05) is 6.07 Å². The monoisotopic (exact) mass is 293 g/mol. The van der Waals surface area contributed by atoms with Crippen LogP contribution in [0.15, 0.2) is 30.3 Å². The molecule has 0 aromatic heterocycles. The van der Waals surface area contributed by atoms with Gasteiger partial charge < -0.3 is 21.1 Å². The number of nitrogens with one attached hydrogen (secondary N) is 3. The molecule has 0 aliphatic heterocycles. The first-order valence-corrected chi connectivity index (χ1v) is 6.62. The standard InChI is InChI=1S/C14H19N3O4/c1-2-10(8-13(19)20)16-12(18)9-15-14(21)17-11-6-4-3-5-7-11/h3-7,10H,2,8-9H2,1H3,(H,16,18)(H,19,20)(H2,15,17,21). The molecule has 7 nitrogen and oxygen atoms in total. The predicted molar refractivity (Wildman–Crippen MR) is 77.9 cm³/mol. The summed E-state index contributed by atoms with van der Waals surface area (Å²) in [5, 5.41) is 16.2. The zero-order valence-corrected chi connectivity index (χ0v) is 11.8. The second-order valence-electron chi connectivity index (χ2n) is 4.44. The summed E-state index contributed by atoms with van der Waals surface area (Å²) >= 11 is 0. The van der Waals surface area contributed by atoms with Gasteiger partial charge in [-0.05, 0) is 18.6 Å². The van der Waals surface area contributed by atoms with Gasteiger partial charge in [0.2, 0.25) is 5.91 Å². The molecule has 0 spiro atoms. The summed E-state index contributed by atoms with van der Waals surface area (Å²) in [6, 6.07) is 7.89. The molecule has 0 bridgehead atoms. The lowest BCUT2D eigenvalue weighted by Gasteiger charge is -2.15. The number of carbonyl (C=O) groups is 3. The molecule has 0 radical (unpaired) electrons. The highest BCUT2D eigenvalue weighted by molar-refractivity contribution is 5.92. The fourth-order valence-electron chi connectivity index (χ4n) is 1.64. The quantitative estimate of drug-likeness (QED) is 0.605. The molecule has 0 aliphatic rings. The Kier molecular flexibility index (Phi) is 6.73. The number of aliphatic carboxylic acids is 1. The number of carbonyl (C=O) groups excluding carboxylic acids is 2. The number of benzene rings is 1. The van der Waals surface area contributed by atoms with E-state index in [4.69, 9.17) is 5.11 Å². The van der Waals surface area contributed by atoms with Gasteiger partial charge >= 0.3 is 12.0 Å². The van der Waals surface area contributed by atoms with E-state index in [2.05, 4.69) is 16.0 Å². The molecule has 3 amide bonds. The number of anilines is 1. The maximum absolute atomic E-state index is 11.6. The lowest BCUT2D eigenvalue weighted by Crippen LogP contribution is -2.43. The number of urea groups is 1. The molecule has 4 N–H and O–H groups in total. The van der Waals surface area contributed by atoms with Gasteiger partial charge in [-0.25, -0.2) is 4.79 Å². The van der Waals surface area contributed by atoms with Crippen molar-refractivity contribution >= 4 is 23.6 Å². The number of hydrogen-bond donors (Lipinski definition) is 4. The largest absolute Gasteiger partial charge is 0.481 e. The van der Waals surface area contributed by atoms with Crippen LogP contribution >= 0.6 is 0 Å². The van der Waals surface area contributed by atoms with Crippen molar-refractivity contribution in [3.63, 3.8) is 0 Å². The van der Waals surface area contributed by atoms with E-state index < -0.39 is 23.9 Å². The first-order chi connectivity index (χ1) is 10.0. The van der Waals surface area contributed by atoms with Gasteiger partial charge in [-0.2, -0.15) is 0 Å². The Morgan fingerprint density at radius 1 is 1.19 bits per heavy atom. The minimum Gasteiger partial charge on any atom is -0.481 e. The van der Waals surface area contributed by atoms with Gasteiger partial charge in [0.25, 0.3) is 0 Å². The molecular weight excluding hydrogens is 274 g/mol. The van der Waals surface area contributed by atoms with Gasteiger partial charge in [0, 0.05) is 11.7 Å². The van der Waals surface area contributed by atoms with Crippen molar-refractivity contribution in [2.45, 2.75) is 25.8 Å². The van der Waals surface area contributed by atoms with E-state index in [0.717, 1.165) is 0 Å². The molecule has 1 atom stereocenters. The second-order valence-corrected chi connectivity index (χ2v) is 4.44. The number of amides is 3. The zero-order valence-electron chi connectivity index (χ0n) is 11.8. The first kappa shape index (κ1) is 16.5. The molecule has 1 aromatic rings. The Labute approximate surface area is 122 Å². The lowest BCUT2D eigenvalue weighted by atomic mass is 10.1. The van der Waals surface area contributed by atoms with Crippen LogP contribution in [0.1, 0.15) is 19.8 Å². The van der Waals surface area contributed by atoms with E-state index in [9.17, 15) is 14.4 Å². The minimum absolute atomic E-state index is 0.140. The van der Waals surface area contributed by atoms with E-state index in [1.54, 1.807) is 31.2 Å². The summed E-state index contributed by atoms with van der Waals surface area (Å²) in [6.45, 7) is 1.57. The van der Waals surface area contributed by atoms with E-state index in [-0.39, 0.29) is 13.0 Å². The van der Waals surface area contributed by atoms with Crippen molar-refractivity contribution in [2.75, 3.05) is 11.9 Å². The van der Waals surface area contributed by atoms with Gasteiger partial charge in [0.15, 0.2) is 0 Å². The Balaban J connectivity index is 2.32. The SMILES string of the molecule is CCC(CC(=O)O)NC(=O)CNC(=O)Nc1ccccc1. The first-order valence-electron chi connectivity index (χ1n) is 6.62. The number of carboxylic acids is 1. The zero-order chi connectivity index (χ0) is 15.7. The maximum atomic E-state index is 11.6. The molecule has 1 aromatic carbocycles. The number of hydrogen-bond acceptors (Lipinski definition) is 3. The topological polar surface area (TPSA) is 108 Å². The van der Waals surface area contributed by atoms with Gasteiger partial charge in [-0.3, -0.25) is 9.59 Å². The van der Waals surface area contributed by atoms with E-state index in [0.29, 0.717) is 12.1 Å². The van der Waals surface area contributed by atoms with Gasteiger partial charge in [-0.15, -0.1) is 0 Å². The second kappa shape index (κ2) is 8.57. The van der Waals surface area contributed by atoms with Crippen molar-refractivity contribution in [2.24, 2.45) is 0 Å². The molecule has 0 heterocycles. The van der Waals surface area contributed by atoms with Crippen molar-refractivity contribution in [3.8, 4) is 0 Å². The molecular formula is C14H19N3O4. The molecule has 7 heteroatoms. The smallest absolute Gasteiger partial charge is 0.319 e. The number of carboxylic acid groups (broad SMARTS) is 1. The van der Waals surface area contributed by atoms with Crippen LogP contribution in [0.2, 0.25) is 0 Å². The van der Waals surface area contributed by atoms with Crippen LogP contribution in [-0.4, -0.2) is 35.6 Å². The third kappa shape index (κ3) is 6.95. The normalized spacial score (nSPS) is 11.3. The lowest BCUT2D eigenvalue weighted by molar-refractivity contribution is -0.137. The number of rotatable bonds is 7. The molecule has 114 valence electrons. The van der Waals surface area contributed by atoms with Crippen molar-refractivity contribution in [1.82, 2.24) is 10.6 Å². The summed E-state index contributed by atoms with van der Waals surface area (Å²) < 4.78 is 0. The van der Waals surface area contributed by atoms with Crippen LogP contribution in [0.25, 0.3) is 0 Å². The summed E-state index contributed by atoms with van der Waals surface area (Å²) in [6.07, 6.45) is 0.368. The van der Waals surface area contributed by atoms with Crippen molar-refractivity contribution < 1.29 is 19.5 Å². The third-order valence-electron chi connectivity index (χ3n) is 2.72. The third-order valence-corrected chi connectivity index (χ3v) is 2.72. The average molecular weight is 293 g/mol. The van der Waals surface area contributed by atoms with Crippen LogP contribution < -0.4 is 16.0 Å². The molecule has 0 fully saturated rings. The van der Waals surface area contributed by atoms with Crippen LogP contribution in [0, 0.1) is 0 Å².